The van der Waals surface area contributed by atoms with Crippen molar-refractivity contribution in [2.45, 2.75) is 26.3 Å². The number of nitrogens with zero attached hydrogens (tertiary/aromatic N) is 2. The van der Waals surface area contributed by atoms with E-state index in [1.54, 1.807) is 24.3 Å². The van der Waals surface area contributed by atoms with Crippen LogP contribution in [0.3, 0.4) is 0 Å². The maximum Gasteiger partial charge on any atom is 0.273 e. The minimum atomic E-state index is -1.20. The minimum absolute atomic E-state index is 0.0958. The number of aromatic nitrogens is 1. The molecule has 1 heterocycles. The number of primary amides is 1. The van der Waals surface area contributed by atoms with Gasteiger partial charge in [0.1, 0.15) is 22.5 Å². The predicted octanol–water partition coefficient (Wildman–Crippen LogP) is 3.52. The Hall–Kier alpha value is -3.99. The van der Waals surface area contributed by atoms with E-state index in [1.165, 1.54) is 25.3 Å². The zero-order chi connectivity index (χ0) is 26.4. The number of nitrogens with one attached hydrogen (secondary N) is 1. The van der Waals surface area contributed by atoms with Crippen molar-refractivity contribution in [2.75, 3.05) is 24.3 Å². The number of rotatable bonds is 10. The SMILES string of the molecule is COc1ccc(C(C(=O)NCCC(C)C)N(C(=O)c2snc(C(N)=O)c2N)c2cccc(F)c2)cc1. The van der Waals surface area contributed by atoms with Crippen molar-refractivity contribution in [2.24, 2.45) is 11.7 Å². The standard InChI is InChI=1S/C25H28FN5O4S/c1-14(2)11-12-29-24(33)21(15-7-9-18(35-3)10-8-15)31(17-6-4-5-16(26)13-17)25(34)22-19(27)20(23(28)32)30-36-22/h4-10,13-14,21H,11-12,27H2,1-3H3,(H2,28,32)(H,29,33). The van der Waals surface area contributed by atoms with E-state index in [4.69, 9.17) is 16.2 Å². The van der Waals surface area contributed by atoms with E-state index >= 15 is 0 Å². The van der Waals surface area contributed by atoms with Crippen molar-refractivity contribution in [1.82, 2.24) is 9.69 Å². The summed E-state index contributed by atoms with van der Waals surface area (Å²) in [5, 5.41) is 2.88. The van der Waals surface area contributed by atoms with Crippen molar-refractivity contribution in [1.29, 1.82) is 0 Å². The molecule has 0 aliphatic carbocycles. The number of benzene rings is 2. The second-order valence-corrected chi connectivity index (χ2v) is 9.22. The molecular weight excluding hydrogens is 485 g/mol. The maximum atomic E-state index is 14.3. The fraction of sp³-hybridized carbons (Fsp3) is 0.280. The lowest BCUT2D eigenvalue weighted by Gasteiger charge is -2.31. The Morgan fingerprint density at radius 2 is 1.86 bits per heavy atom. The van der Waals surface area contributed by atoms with E-state index in [0.717, 1.165) is 17.4 Å². The number of amides is 3. The molecule has 0 spiro atoms. The average Bonchev–Trinajstić information content (AvgIpc) is 3.23. The fourth-order valence-electron chi connectivity index (χ4n) is 3.53. The van der Waals surface area contributed by atoms with E-state index in [1.807, 2.05) is 13.8 Å². The van der Waals surface area contributed by atoms with Crippen LogP contribution in [0.2, 0.25) is 0 Å². The number of methoxy groups -OCH3 is 1. The molecule has 0 aliphatic rings. The van der Waals surface area contributed by atoms with Crippen LogP contribution in [0.1, 0.15) is 52.0 Å². The van der Waals surface area contributed by atoms with Gasteiger partial charge in [-0.1, -0.05) is 32.0 Å². The van der Waals surface area contributed by atoms with Crippen molar-refractivity contribution in [3.05, 3.63) is 70.5 Å². The number of hydrogen-bond acceptors (Lipinski definition) is 7. The maximum absolute atomic E-state index is 14.3. The molecule has 1 atom stereocenters. The molecule has 0 radical (unpaired) electrons. The molecule has 3 amide bonds. The Labute approximate surface area is 212 Å². The molecule has 0 saturated heterocycles. The smallest absolute Gasteiger partial charge is 0.273 e. The van der Waals surface area contributed by atoms with Crippen molar-refractivity contribution >= 4 is 40.6 Å². The highest BCUT2D eigenvalue weighted by Crippen LogP contribution is 2.34. The topological polar surface area (TPSA) is 141 Å². The highest BCUT2D eigenvalue weighted by molar-refractivity contribution is 7.09. The summed E-state index contributed by atoms with van der Waals surface area (Å²) in [4.78, 5) is 40.2. The van der Waals surface area contributed by atoms with E-state index in [-0.39, 0.29) is 21.9 Å². The van der Waals surface area contributed by atoms with Crippen LogP contribution in [-0.2, 0) is 4.79 Å². The zero-order valence-electron chi connectivity index (χ0n) is 20.2. The van der Waals surface area contributed by atoms with Gasteiger partial charge in [0.15, 0.2) is 5.69 Å². The lowest BCUT2D eigenvalue weighted by molar-refractivity contribution is -0.122. The predicted molar refractivity (Wildman–Crippen MR) is 136 cm³/mol. The van der Waals surface area contributed by atoms with Gasteiger partial charge < -0.3 is 21.5 Å². The minimum Gasteiger partial charge on any atom is -0.497 e. The van der Waals surface area contributed by atoms with Crippen LogP contribution < -0.4 is 26.4 Å². The summed E-state index contributed by atoms with van der Waals surface area (Å²) in [7, 11) is 1.51. The molecule has 1 aromatic heterocycles. The van der Waals surface area contributed by atoms with E-state index in [9.17, 15) is 18.8 Å². The first-order valence-electron chi connectivity index (χ1n) is 11.2. The Bertz CT molecular complexity index is 1250. The van der Waals surface area contributed by atoms with E-state index in [0.29, 0.717) is 35.3 Å². The molecule has 0 aliphatic heterocycles. The summed E-state index contributed by atoms with van der Waals surface area (Å²) < 4.78 is 23.4. The molecule has 5 N–H and O–H groups in total. The van der Waals surface area contributed by atoms with E-state index in [2.05, 4.69) is 9.69 Å². The molecule has 3 rings (SSSR count). The lowest BCUT2D eigenvalue weighted by Crippen LogP contribution is -2.44. The van der Waals surface area contributed by atoms with Gasteiger partial charge in [-0.15, -0.1) is 0 Å². The number of carbonyl (C=O) groups excluding carboxylic acids is 3. The van der Waals surface area contributed by atoms with E-state index < -0.39 is 29.6 Å². The Morgan fingerprint density at radius 3 is 2.42 bits per heavy atom. The Balaban J connectivity index is 2.16. The lowest BCUT2D eigenvalue weighted by atomic mass is 10.0. The second-order valence-electron chi connectivity index (χ2n) is 8.44. The van der Waals surface area contributed by atoms with Crippen LogP contribution in [0.4, 0.5) is 15.8 Å². The summed E-state index contributed by atoms with van der Waals surface area (Å²) in [6, 6.07) is 10.7. The summed E-state index contributed by atoms with van der Waals surface area (Å²) in [5.74, 6) is -1.80. The van der Waals surface area contributed by atoms with Gasteiger partial charge in [0.2, 0.25) is 5.91 Å². The molecule has 2 aromatic carbocycles. The summed E-state index contributed by atoms with van der Waals surface area (Å²) in [6.07, 6.45) is 0.721. The number of nitrogen functional groups attached to an aromatic ring is 1. The largest absolute Gasteiger partial charge is 0.497 e. The van der Waals surface area contributed by atoms with Gasteiger partial charge in [0.25, 0.3) is 11.8 Å². The molecule has 36 heavy (non-hydrogen) atoms. The van der Waals surface area contributed by atoms with Crippen LogP contribution in [0, 0.1) is 11.7 Å². The summed E-state index contributed by atoms with van der Waals surface area (Å²) in [5.41, 5.74) is 11.5. The molecule has 0 bridgehead atoms. The molecule has 11 heteroatoms. The van der Waals surface area contributed by atoms with Crippen LogP contribution in [-0.4, -0.2) is 35.7 Å². The van der Waals surface area contributed by atoms with Gasteiger partial charge in [-0.2, -0.15) is 4.37 Å². The van der Waals surface area contributed by atoms with Crippen molar-refractivity contribution in [3.63, 3.8) is 0 Å². The van der Waals surface area contributed by atoms with Crippen molar-refractivity contribution in [3.8, 4) is 5.75 Å². The first-order valence-corrected chi connectivity index (χ1v) is 12.0. The van der Waals surface area contributed by atoms with Gasteiger partial charge in [0, 0.05) is 12.2 Å². The molecule has 1 unspecified atom stereocenters. The first-order chi connectivity index (χ1) is 17.1. The third-order valence-corrected chi connectivity index (χ3v) is 6.27. The normalized spacial score (nSPS) is 11.7. The molecule has 190 valence electrons. The third kappa shape index (κ3) is 5.98. The number of anilines is 2. The second kappa shape index (κ2) is 11.6. The van der Waals surface area contributed by atoms with Gasteiger partial charge in [-0.3, -0.25) is 19.3 Å². The highest BCUT2D eigenvalue weighted by atomic mass is 32.1. The first kappa shape index (κ1) is 26.6. The van der Waals surface area contributed by atoms with Crippen LogP contribution >= 0.6 is 11.5 Å². The number of carbonyl (C=O) groups is 3. The quantitative estimate of drug-likeness (QED) is 0.379. The highest BCUT2D eigenvalue weighted by Gasteiger charge is 2.36. The molecule has 0 saturated carbocycles. The van der Waals surface area contributed by atoms with Gasteiger partial charge in [-0.25, -0.2) is 4.39 Å². The molecular formula is C25H28FN5O4S. The summed E-state index contributed by atoms with van der Waals surface area (Å²) >= 11 is 0.679. The van der Waals surface area contributed by atoms with Crippen LogP contribution in [0.15, 0.2) is 48.5 Å². The summed E-state index contributed by atoms with van der Waals surface area (Å²) in [6.45, 7) is 4.43. The number of halogens is 1. The zero-order valence-corrected chi connectivity index (χ0v) is 21.0. The number of nitrogens with two attached hydrogens (primary N) is 2. The van der Waals surface area contributed by atoms with Crippen LogP contribution in [0.5, 0.6) is 5.75 Å². The fourth-order valence-corrected chi connectivity index (χ4v) is 4.28. The Morgan fingerprint density at radius 1 is 1.17 bits per heavy atom. The number of ether oxygens (including phenoxy) is 1. The van der Waals surface area contributed by atoms with Crippen molar-refractivity contribution < 1.29 is 23.5 Å². The van der Waals surface area contributed by atoms with Crippen LogP contribution in [0.25, 0.3) is 0 Å². The number of hydrogen-bond donors (Lipinski definition) is 3. The molecule has 3 aromatic rings. The molecule has 0 fully saturated rings. The van der Waals surface area contributed by atoms with Gasteiger partial charge >= 0.3 is 0 Å². The van der Waals surface area contributed by atoms with Gasteiger partial charge in [-0.05, 0) is 59.8 Å². The monoisotopic (exact) mass is 513 g/mol. The molecule has 9 nitrogen and oxygen atoms in total. The van der Waals surface area contributed by atoms with Gasteiger partial charge in [0.05, 0.1) is 12.8 Å². The Kier molecular flexibility index (Phi) is 8.59. The third-order valence-electron chi connectivity index (χ3n) is 5.42. The average molecular weight is 514 g/mol.